The molecule has 0 N–H and O–H groups in total. The Morgan fingerprint density at radius 3 is 2.36 bits per heavy atom. The largest absolute Gasteiger partial charge is 0.456 e. The predicted octanol–water partition coefficient (Wildman–Crippen LogP) is 8.23. The summed E-state index contributed by atoms with van der Waals surface area (Å²) in [6.45, 7) is 0. The van der Waals surface area contributed by atoms with Crippen LogP contribution in [-0.2, 0) is 0 Å². The molecular weight excluding hydrogens is 442 g/mol. The molecule has 0 saturated carbocycles. The highest BCUT2D eigenvalue weighted by Gasteiger charge is 2.21. The molecule has 0 fully saturated rings. The van der Waals surface area contributed by atoms with E-state index in [2.05, 4.69) is 95.6 Å². The number of hydrogen-bond acceptors (Lipinski definition) is 3. The van der Waals surface area contributed by atoms with Gasteiger partial charge in [0.15, 0.2) is 0 Å². The van der Waals surface area contributed by atoms with E-state index >= 15 is 0 Å². The minimum Gasteiger partial charge on any atom is -0.456 e. The molecule has 4 heteroatoms. The molecule has 1 atom stereocenters. The van der Waals surface area contributed by atoms with Crippen molar-refractivity contribution in [3.63, 3.8) is 0 Å². The van der Waals surface area contributed by atoms with Crippen LogP contribution in [0.4, 0.5) is 0 Å². The third-order valence-corrected chi connectivity index (χ3v) is 7.32. The van der Waals surface area contributed by atoms with Gasteiger partial charge in [0.05, 0.1) is 22.2 Å². The lowest BCUT2D eigenvalue weighted by molar-refractivity contribution is 0.669. The van der Waals surface area contributed by atoms with Crippen LogP contribution in [0.5, 0.6) is 0 Å². The zero-order valence-corrected chi connectivity index (χ0v) is 19.4. The number of benzene rings is 4. The molecule has 0 amide bonds. The Bertz CT molecular complexity index is 2040. The first kappa shape index (κ1) is 19.6. The fraction of sp³-hybridized carbons (Fsp3) is 0.0625. The van der Waals surface area contributed by atoms with Gasteiger partial charge in [-0.2, -0.15) is 0 Å². The van der Waals surface area contributed by atoms with Crippen LogP contribution in [0.1, 0.15) is 18.0 Å². The lowest BCUT2D eigenvalue weighted by atomic mass is 9.94. The Balaban J connectivity index is 1.50. The van der Waals surface area contributed by atoms with Gasteiger partial charge in [-0.3, -0.25) is 4.57 Å². The van der Waals surface area contributed by atoms with E-state index in [4.69, 9.17) is 14.4 Å². The summed E-state index contributed by atoms with van der Waals surface area (Å²) in [6, 6.07) is 29.4. The summed E-state index contributed by atoms with van der Waals surface area (Å²) in [4.78, 5) is 10.3. The second-order valence-corrected chi connectivity index (χ2v) is 9.40. The molecular formula is C32H21N3O. The Morgan fingerprint density at radius 2 is 1.47 bits per heavy atom. The summed E-state index contributed by atoms with van der Waals surface area (Å²) in [7, 11) is 0. The molecule has 0 bridgehead atoms. The van der Waals surface area contributed by atoms with Crippen LogP contribution >= 0.6 is 0 Å². The smallest absolute Gasteiger partial charge is 0.235 e. The molecule has 1 aliphatic carbocycles. The van der Waals surface area contributed by atoms with Crippen molar-refractivity contribution in [2.45, 2.75) is 12.3 Å². The Labute approximate surface area is 206 Å². The van der Waals surface area contributed by atoms with Crippen molar-refractivity contribution < 1.29 is 4.42 Å². The maximum absolute atomic E-state index is 6.23. The van der Waals surface area contributed by atoms with E-state index < -0.39 is 0 Å². The summed E-state index contributed by atoms with van der Waals surface area (Å²) in [5.74, 6) is 0.921. The number of allylic oxidation sites excluding steroid dienone is 4. The monoisotopic (exact) mass is 463 g/mol. The summed E-state index contributed by atoms with van der Waals surface area (Å²) in [5, 5.41) is 5.62. The Morgan fingerprint density at radius 1 is 0.667 bits per heavy atom. The first-order chi connectivity index (χ1) is 17.8. The van der Waals surface area contributed by atoms with Gasteiger partial charge in [0.2, 0.25) is 5.95 Å². The van der Waals surface area contributed by atoms with Gasteiger partial charge in [0, 0.05) is 32.8 Å². The minimum atomic E-state index is 0.222. The topological polar surface area (TPSA) is 43.9 Å². The van der Waals surface area contributed by atoms with Gasteiger partial charge in [-0.25, -0.2) is 9.97 Å². The average Bonchev–Trinajstić information content (AvgIpc) is 3.46. The molecule has 4 aromatic carbocycles. The maximum atomic E-state index is 6.23. The molecule has 3 heterocycles. The molecule has 0 spiro atoms. The Hall–Kier alpha value is -4.70. The average molecular weight is 464 g/mol. The highest BCUT2D eigenvalue weighted by Crippen LogP contribution is 2.38. The predicted molar refractivity (Wildman–Crippen MR) is 147 cm³/mol. The zero-order chi connectivity index (χ0) is 23.6. The van der Waals surface area contributed by atoms with Gasteiger partial charge in [-0.1, -0.05) is 78.9 Å². The minimum absolute atomic E-state index is 0.222. The third kappa shape index (κ3) is 2.75. The van der Waals surface area contributed by atoms with Crippen LogP contribution in [0.2, 0.25) is 0 Å². The Kier molecular flexibility index (Phi) is 4.03. The van der Waals surface area contributed by atoms with Gasteiger partial charge < -0.3 is 4.42 Å². The SMILES string of the molecule is C1=CCC(c2nc(-n3c4ccccc4c4cc5oc6ccccc6c5cc43)nc3ccccc23)C=C1. The summed E-state index contributed by atoms with van der Waals surface area (Å²) in [6.07, 6.45) is 9.61. The number of furan rings is 1. The van der Waals surface area contributed by atoms with Crippen LogP contribution in [0.25, 0.3) is 60.6 Å². The number of nitrogens with zero attached hydrogens (tertiary/aromatic N) is 3. The van der Waals surface area contributed by atoms with E-state index in [1.165, 1.54) is 0 Å². The van der Waals surface area contributed by atoms with Crippen molar-refractivity contribution in [3.8, 4) is 5.95 Å². The van der Waals surface area contributed by atoms with Crippen molar-refractivity contribution in [2.75, 3.05) is 0 Å². The molecule has 7 aromatic rings. The van der Waals surface area contributed by atoms with Crippen LogP contribution in [-0.4, -0.2) is 14.5 Å². The molecule has 4 nitrogen and oxygen atoms in total. The summed E-state index contributed by atoms with van der Waals surface area (Å²) >= 11 is 0. The van der Waals surface area contributed by atoms with Gasteiger partial charge in [-0.05, 0) is 36.8 Å². The van der Waals surface area contributed by atoms with Crippen molar-refractivity contribution in [2.24, 2.45) is 0 Å². The highest BCUT2D eigenvalue weighted by molar-refractivity contribution is 6.17. The molecule has 0 aliphatic heterocycles. The standard InChI is InChI=1S/C32H21N3O/c1-2-10-20(11-3-1)31-23-14-4-7-15-26(23)33-32(34-31)35-27-16-8-5-12-21(27)24-19-30-25(18-28(24)35)22-13-6-9-17-29(22)36-30/h1-10,12-20H,11H2. The van der Waals surface area contributed by atoms with E-state index in [1.807, 2.05) is 18.2 Å². The first-order valence-corrected chi connectivity index (χ1v) is 12.3. The maximum Gasteiger partial charge on any atom is 0.235 e. The first-order valence-electron chi connectivity index (χ1n) is 12.3. The molecule has 1 unspecified atom stereocenters. The van der Waals surface area contributed by atoms with Gasteiger partial charge in [0.25, 0.3) is 0 Å². The van der Waals surface area contributed by atoms with Gasteiger partial charge in [-0.15, -0.1) is 0 Å². The molecule has 170 valence electrons. The van der Waals surface area contributed by atoms with Crippen LogP contribution in [0.3, 0.4) is 0 Å². The molecule has 0 saturated heterocycles. The van der Waals surface area contributed by atoms with Crippen LogP contribution in [0, 0.1) is 0 Å². The molecule has 3 aromatic heterocycles. The summed E-state index contributed by atoms with van der Waals surface area (Å²) in [5.41, 5.74) is 5.99. The normalized spacial score (nSPS) is 15.7. The number of fused-ring (bicyclic) bond motifs is 7. The van der Waals surface area contributed by atoms with E-state index in [-0.39, 0.29) is 5.92 Å². The highest BCUT2D eigenvalue weighted by atomic mass is 16.3. The fourth-order valence-electron chi connectivity index (χ4n) is 5.66. The number of hydrogen-bond donors (Lipinski definition) is 0. The fourth-order valence-corrected chi connectivity index (χ4v) is 5.66. The lowest BCUT2D eigenvalue weighted by Gasteiger charge is -2.17. The van der Waals surface area contributed by atoms with Crippen LogP contribution < -0.4 is 0 Å². The van der Waals surface area contributed by atoms with Gasteiger partial charge >= 0.3 is 0 Å². The lowest BCUT2D eigenvalue weighted by Crippen LogP contribution is -2.08. The van der Waals surface area contributed by atoms with E-state index in [9.17, 15) is 0 Å². The molecule has 0 radical (unpaired) electrons. The number of aromatic nitrogens is 3. The zero-order valence-electron chi connectivity index (χ0n) is 19.4. The molecule has 8 rings (SSSR count). The quantitative estimate of drug-likeness (QED) is 0.259. The van der Waals surface area contributed by atoms with E-state index in [0.717, 1.165) is 66.8 Å². The van der Waals surface area contributed by atoms with Crippen molar-refractivity contribution in [1.29, 1.82) is 0 Å². The molecule has 1 aliphatic rings. The second kappa shape index (κ2) is 7.40. The van der Waals surface area contributed by atoms with Crippen molar-refractivity contribution in [1.82, 2.24) is 14.5 Å². The third-order valence-electron chi connectivity index (χ3n) is 7.32. The summed E-state index contributed by atoms with van der Waals surface area (Å²) < 4.78 is 8.44. The number of rotatable bonds is 2. The van der Waals surface area contributed by atoms with Crippen molar-refractivity contribution in [3.05, 3.63) is 115 Å². The molecule has 36 heavy (non-hydrogen) atoms. The van der Waals surface area contributed by atoms with Crippen molar-refractivity contribution >= 4 is 54.6 Å². The van der Waals surface area contributed by atoms with Crippen LogP contribution in [0.15, 0.2) is 114 Å². The number of para-hydroxylation sites is 3. The van der Waals surface area contributed by atoms with E-state index in [1.54, 1.807) is 0 Å². The van der Waals surface area contributed by atoms with Gasteiger partial charge in [0.1, 0.15) is 11.2 Å². The second-order valence-electron chi connectivity index (χ2n) is 9.40. The van der Waals surface area contributed by atoms with E-state index in [0.29, 0.717) is 5.95 Å².